The summed E-state index contributed by atoms with van der Waals surface area (Å²) in [6.45, 7) is 4.71. The Kier molecular flexibility index (Phi) is 4.85. The number of benzene rings is 1. The highest BCUT2D eigenvalue weighted by molar-refractivity contribution is 5.92. The van der Waals surface area contributed by atoms with Crippen LogP contribution in [0.1, 0.15) is 23.0 Å². The van der Waals surface area contributed by atoms with Crippen LogP contribution in [0.5, 0.6) is 0 Å². The number of nitrogens with zero attached hydrogens (tertiary/aromatic N) is 4. The summed E-state index contributed by atoms with van der Waals surface area (Å²) in [6, 6.07) is 10.1. The number of likely N-dealkylation sites (N-methyl/N-ethyl adjacent to an activating group) is 1. The lowest BCUT2D eigenvalue weighted by molar-refractivity contribution is 0.0679. The average Bonchev–Trinajstić information content (AvgIpc) is 3.01. The van der Waals surface area contributed by atoms with Crippen molar-refractivity contribution >= 4 is 11.6 Å². The molecule has 1 aliphatic heterocycles. The molecule has 3 rings (SSSR count). The van der Waals surface area contributed by atoms with Crippen LogP contribution in [0.15, 0.2) is 36.5 Å². The van der Waals surface area contributed by atoms with Crippen LogP contribution in [-0.2, 0) is 17.8 Å². The van der Waals surface area contributed by atoms with E-state index in [0.29, 0.717) is 25.4 Å². The zero-order chi connectivity index (χ0) is 17.1. The van der Waals surface area contributed by atoms with Gasteiger partial charge in [0.25, 0.3) is 5.91 Å². The van der Waals surface area contributed by atoms with E-state index in [9.17, 15) is 4.79 Å². The molecule has 24 heavy (non-hydrogen) atoms. The summed E-state index contributed by atoms with van der Waals surface area (Å²) < 4.78 is 6.80. The van der Waals surface area contributed by atoms with Gasteiger partial charge in [-0.05, 0) is 24.6 Å². The van der Waals surface area contributed by atoms with Gasteiger partial charge < -0.3 is 14.5 Å². The third kappa shape index (κ3) is 3.28. The van der Waals surface area contributed by atoms with Crippen molar-refractivity contribution in [3.63, 3.8) is 0 Å². The summed E-state index contributed by atoms with van der Waals surface area (Å²) in [5, 5.41) is 4.39. The number of ether oxygens (including phenoxy) is 1. The molecule has 0 unspecified atom stereocenters. The first-order valence-corrected chi connectivity index (χ1v) is 8.22. The summed E-state index contributed by atoms with van der Waals surface area (Å²) in [5.74, 6) is -0.0243. The number of para-hydroxylation sites is 1. The largest absolute Gasteiger partial charge is 0.383 e. The summed E-state index contributed by atoms with van der Waals surface area (Å²) in [5.41, 5.74) is 2.83. The van der Waals surface area contributed by atoms with Crippen molar-refractivity contribution in [3.05, 3.63) is 47.8 Å². The maximum Gasteiger partial charge on any atom is 0.274 e. The van der Waals surface area contributed by atoms with Gasteiger partial charge >= 0.3 is 0 Å². The Bertz CT molecular complexity index is 713. The lowest BCUT2D eigenvalue weighted by atomic mass is 10.1. The summed E-state index contributed by atoms with van der Waals surface area (Å²) >= 11 is 0. The second-order valence-electron chi connectivity index (χ2n) is 6.25. The van der Waals surface area contributed by atoms with Crippen molar-refractivity contribution in [2.45, 2.75) is 26.1 Å². The fraction of sp³-hybridized carbons (Fsp3) is 0.444. The van der Waals surface area contributed by atoms with Gasteiger partial charge in [0.1, 0.15) is 5.69 Å². The van der Waals surface area contributed by atoms with Gasteiger partial charge in [0.15, 0.2) is 0 Å². The van der Waals surface area contributed by atoms with Gasteiger partial charge in [0.05, 0.1) is 13.2 Å². The minimum atomic E-state index is -0.0243. The molecule has 1 aromatic carbocycles. The molecule has 1 amide bonds. The van der Waals surface area contributed by atoms with Crippen molar-refractivity contribution < 1.29 is 9.53 Å². The zero-order valence-corrected chi connectivity index (χ0v) is 14.5. The molecule has 0 aliphatic carbocycles. The molecule has 0 radical (unpaired) electrons. The molecule has 1 aromatic heterocycles. The monoisotopic (exact) mass is 328 g/mol. The molecule has 0 saturated heterocycles. The van der Waals surface area contributed by atoms with Crippen molar-refractivity contribution in [1.29, 1.82) is 0 Å². The second kappa shape index (κ2) is 7.05. The Hall–Kier alpha value is -2.34. The minimum Gasteiger partial charge on any atom is -0.383 e. The van der Waals surface area contributed by atoms with E-state index in [0.717, 1.165) is 12.1 Å². The molecule has 128 valence electrons. The van der Waals surface area contributed by atoms with Crippen LogP contribution in [0.4, 0.5) is 5.69 Å². The summed E-state index contributed by atoms with van der Waals surface area (Å²) in [7, 11) is 3.73. The normalized spacial score (nSPS) is 17.5. The molecule has 6 nitrogen and oxygen atoms in total. The van der Waals surface area contributed by atoms with Gasteiger partial charge in [-0.25, -0.2) is 0 Å². The Morgan fingerprint density at radius 1 is 1.33 bits per heavy atom. The van der Waals surface area contributed by atoms with Crippen LogP contribution in [0, 0.1) is 0 Å². The molecule has 0 bridgehead atoms. The zero-order valence-electron chi connectivity index (χ0n) is 14.5. The maximum absolute atomic E-state index is 13.0. The number of fused-ring (bicyclic) bond motifs is 1. The van der Waals surface area contributed by atoms with Gasteiger partial charge in [-0.2, -0.15) is 5.10 Å². The number of hydrogen-bond acceptors (Lipinski definition) is 4. The molecule has 1 atom stereocenters. The number of aromatic nitrogens is 2. The van der Waals surface area contributed by atoms with E-state index in [-0.39, 0.29) is 11.9 Å². The van der Waals surface area contributed by atoms with Gasteiger partial charge in [0.2, 0.25) is 0 Å². The maximum atomic E-state index is 13.0. The topological polar surface area (TPSA) is 50.6 Å². The van der Waals surface area contributed by atoms with Crippen molar-refractivity contribution in [2.24, 2.45) is 0 Å². The number of anilines is 1. The second-order valence-corrected chi connectivity index (χ2v) is 6.25. The van der Waals surface area contributed by atoms with E-state index in [4.69, 9.17) is 4.74 Å². The van der Waals surface area contributed by atoms with E-state index in [2.05, 4.69) is 36.1 Å². The van der Waals surface area contributed by atoms with Crippen LogP contribution < -0.4 is 4.90 Å². The standard InChI is InChI=1S/C18H24N4O2/c1-14-12-20(2)17-7-5-4-6-15(17)13-22(14)18(23)16-8-9-21(19-16)10-11-24-3/h4-9,14H,10-13H2,1-3H3/t14-/m0/s1. The number of carbonyl (C=O) groups is 1. The molecule has 6 heteroatoms. The molecule has 0 spiro atoms. The van der Waals surface area contributed by atoms with E-state index in [1.165, 1.54) is 5.69 Å². The fourth-order valence-corrected chi connectivity index (χ4v) is 3.15. The van der Waals surface area contributed by atoms with Gasteiger partial charge in [-0.1, -0.05) is 18.2 Å². The van der Waals surface area contributed by atoms with Crippen molar-refractivity contribution in [2.75, 3.05) is 32.2 Å². The smallest absolute Gasteiger partial charge is 0.274 e. The Morgan fingerprint density at radius 3 is 2.92 bits per heavy atom. The van der Waals surface area contributed by atoms with E-state index in [1.807, 2.05) is 23.2 Å². The Labute approximate surface area is 142 Å². The third-order valence-corrected chi connectivity index (χ3v) is 4.46. The highest BCUT2D eigenvalue weighted by atomic mass is 16.5. The van der Waals surface area contributed by atoms with Crippen LogP contribution in [0.25, 0.3) is 0 Å². The van der Waals surface area contributed by atoms with Gasteiger partial charge in [-0.15, -0.1) is 0 Å². The highest BCUT2D eigenvalue weighted by Gasteiger charge is 2.28. The molecule has 2 aromatic rings. The average molecular weight is 328 g/mol. The number of carbonyl (C=O) groups excluding carboxylic acids is 1. The number of hydrogen-bond donors (Lipinski definition) is 0. The molecular weight excluding hydrogens is 304 g/mol. The Morgan fingerprint density at radius 2 is 2.12 bits per heavy atom. The van der Waals surface area contributed by atoms with Gasteiger partial charge in [-0.3, -0.25) is 9.48 Å². The number of methoxy groups -OCH3 is 1. The lowest BCUT2D eigenvalue weighted by Gasteiger charge is -2.27. The molecule has 0 saturated carbocycles. The van der Waals surface area contributed by atoms with Crippen LogP contribution in [0.2, 0.25) is 0 Å². The highest BCUT2D eigenvalue weighted by Crippen LogP contribution is 2.26. The van der Waals surface area contributed by atoms with Crippen LogP contribution >= 0.6 is 0 Å². The molecule has 2 heterocycles. The first-order valence-electron chi connectivity index (χ1n) is 8.22. The van der Waals surface area contributed by atoms with Crippen LogP contribution in [-0.4, -0.2) is 53.9 Å². The predicted octanol–water partition coefficient (Wildman–Crippen LogP) is 2.01. The first kappa shape index (κ1) is 16.5. The third-order valence-electron chi connectivity index (χ3n) is 4.46. The quantitative estimate of drug-likeness (QED) is 0.861. The summed E-state index contributed by atoms with van der Waals surface area (Å²) in [4.78, 5) is 17.1. The summed E-state index contributed by atoms with van der Waals surface area (Å²) in [6.07, 6.45) is 1.83. The number of rotatable bonds is 4. The van der Waals surface area contributed by atoms with E-state index >= 15 is 0 Å². The first-order chi connectivity index (χ1) is 11.6. The van der Waals surface area contributed by atoms with Crippen molar-refractivity contribution in [1.82, 2.24) is 14.7 Å². The Balaban J connectivity index is 1.82. The minimum absolute atomic E-state index is 0.0243. The van der Waals surface area contributed by atoms with E-state index < -0.39 is 0 Å². The SMILES string of the molecule is COCCn1ccc(C(=O)N2Cc3ccccc3N(C)C[C@@H]2C)n1. The van der Waals surface area contributed by atoms with Gasteiger partial charge in [0, 0.05) is 45.2 Å². The number of amides is 1. The molecular formula is C18H24N4O2. The van der Waals surface area contributed by atoms with Crippen molar-refractivity contribution in [3.8, 4) is 0 Å². The fourth-order valence-electron chi connectivity index (χ4n) is 3.15. The predicted molar refractivity (Wildman–Crippen MR) is 93.2 cm³/mol. The van der Waals surface area contributed by atoms with Crippen LogP contribution in [0.3, 0.4) is 0 Å². The van der Waals surface area contributed by atoms with E-state index in [1.54, 1.807) is 17.9 Å². The lowest BCUT2D eigenvalue weighted by Crippen LogP contribution is -2.42. The molecule has 0 fully saturated rings. The molecule has 0 N–H and O–H groups in total. The molecule has 1 aliphatic rings.